The SMILES string of the molecule is CCN(CC(C)C(=O)OC)S(=O)(=O)c1ccccc1-c1ccccc1. The topological polar surface area (TPSA) is 63.7 Å². The van der Waals surface area contributed by atoms with Crippen molar-refractivity contribution >= 4 is 16.0 Å². The molecular weight excluding hydrogens is 338 g/mol. The molecular formula is C19H23NO4S. The molecule has 5 nitrogen and oxygen atoms in total. The molecule has 1 unspecified atom stereocenters. The van der Waals surface area contributed by atoms with Gasteiger partial charge in [-0.25, -0.2) is 8.42 Å². The van der Waals surface area contributed by atoms with Crippen molar-refractivity contribution in [2.75, 3.05) is 20.2 Å². The molecule has 2 aromatic rings. The number of benzene rings is 2. The standard InChI is InChI=1S/C19H23NO4S/c1-4-20(14-15(2)19(21)24-3)25(22,23)18-13-9-8-12-17(18)16-10-6-5-7-11-16/h5-13,15H,4,14H2,1-3H3. The molecule has 0 aliphatic carbocycles. The summed E-state index contributed by atoms with van der Waals surface area (Å²) < 4.78 is 32.4. The summed E-state index contributed by atoms with van der Waals surface area (Å²) in [7, 11) is -2.44. The summed E-state index contributed by atoms with van der Waals surface area (Å²) in [6.45, 7) is 3.77. The van der Waals surface area contributed by atoms with Gasteiger partial charge in [-0.2, -0.15) is 4.31 Å². The lowest BCUT2D eigenvalue weighted by Crippen LogP contribution is -2.37. The van der Waals surface area contributed by atoms with Crippen molar-refractivity contribution in [1.29, 1.82) is 0 Å². The van der Waals surface area contributed by atoms with Crippen LogP contribution in [0.3, 0.4) is 0 Å². The molecule has 0 heterocycles. The lowest BCUT2D eigenvalue weighted by molar-refractivity contribution is -0.145. The Balaban J connectivity index is 2.44. The largest absolute Gasteiger partial charge is 0.469 e. The monoisotopic (exact) mass is 361 g/mol. The Morgan fingerprint density at radius 2 is 1.68 bits per heavy atom. The van der Waals surface area contributed by atoms with Gasteiger partial charge in [0.05, 0.1) is 17.9 Å². The zero-order valence-corrected chi connectivity index (χ0v) is 15.5. The molecule has 0 aliphatic rings. The Morgan fingerprint density at radius 3 is 2.28 bits per heavy atom. The van der Waals surface area contributed by atoms with Gasteiger partial charge in [0.1, 0.15) is 0 Å². The van der Waals surface area contributed by atoms with Gasteiger partial charge in [0.2, 0.25) is 10.0 Å². The highest BCUT2D eigenvalue weighted by molar-refractivity contribution is 7.89. The Kier molecular flexibility index (Phi) is 6.33. The second-order valence-electron chi connectivity index (χ2n) is 5.74. The number of hydrogen-bond donors (Lipinski definition) is 0. The number of carbonyl (C=O) groups is 1. The molecule has 0 radical (unpaired) electrons. The van der Waals surface area contributed by atoms with Crippen LogP contribution in [0, 0.1) is 5.92 Å². The Hall–Kier alpha value is -2.18. The minimum Gasteiger partial charge on any atom is -0.469 e. The molecule has 1 atom stereocenters. The lowest BCUT2D eigenvalue weighted by atomic mass is 10.1. The summed E-state index contributed by atoms with van der Waals surface area (Å²) in [5, 5.41) is 0. The van der Waals surface area contributed by atoms with Crippen molar-refractivity contribution in [2.45, 2.75) is 18.7 Å². The molecule has 0 spiro atoms. The van der Waals surface area contributed by atoms with Crippen LogP contribution in [0.25, 0.3) is 11.1 Å². The van der Waals surface area contributed by atoms with Crippen LogP contribution in [0.1, 0.15) is 13.8 Å². The quantitative estimate of drug-likeness (QED) is 0.711. The van der Waals surface area contributed by atoms with Crippen LogP contribution >= 0.6 is 0 Å². The van der Waals surface area contributed by atoms with Crippen molar-refractivity contribution < 1.29 is 17.9 Å². The van der Waals surface area contributed by atoms with Gasteiger partial charge >= 0.3 is 5.97 Å². The molecule has 2 aromatic carbocycles. The first-order valence-electron chi connectivity index (χ1n) is 8.14. The van der Waals surface area contributed by atoms with E-state index in [2.05, 4.69) is 0 Å². The van der Waals surface area contributed by atoms with Crippen molar-refractivity contribution in [1.82, 2.24) is 4.31 Å². The van der Waals surface area contributed by atoms with Gasteiger partial charge in [-0.3, -0.25) is 4.79 Å². The first-order chi connectivity index (χ1) is 11.9. The van der Waals surface area contributed by atoms with Crippen molar-refractivity contribution in [2.24, 2.45) is 5.92 Å². The lowest BCUT2D eigenvalue weighted by Gasteiger charge is -2.24. The van der Waals surface area contributed by atoms with Crippen LogP contribution in [0.2, 0.25) is 0 Å². The highest BCUT2D eigenvalue weighted by Gasteiger charge is 2.29. The van der Waals surface area contributed by atoms with Crippen LogP contribution in [-0.2, 0) is 19.6 Å². The Bertz CT molecular complexity index is 818. The fourth-order valence-electron chi connectivity index (χ4n) is 2.67. The van der Waals surface area contributed by atoms with Gasteiger partial charge in [-0.1, -0.05) is 62.4 Å². The maximum absolute atomic E-state index is 13.2. The first-order valence-corrected chi connectivity index (χ1v) is 9.58. The highest BCUT2D eigenvalue weighted by Crippen LogP contribution is 2.29. The number of sulfonamides is 1. The zero-order valence-electron chi connectivity index (χ0n) is 14.7. The zero-order chi connectivity index (χ0) is 18.4. The summed E-state index contributed by atoms with van der Waals surface area (Å²) >= 11 is 0. The number of nitrogens with zero attached hydrogens (tertiary/aromatic N) is 1. The number of esters is 1. The predicted molar refractivity (Wildman–Crippen MR) is 97.5 cm³/mol. The molecule has 2 rings (SSSR count). The molecule has 0 amide bonds. The van der Waals surface area contributed by atoms with E-state index in [1.165, 1.54) is 11.4 Å². The molecule has 6 heteroatoms. The second kappa shape index (κ2) is 8.27. The average molecular weight is 361 g/mol. The smallest absolute Gasteiger partial charge is 0.309 e. The first kappa shape index (κ1) is 19.1. The van der Waals surface area contributed by atoms with Crippen molar-refractivity contribution in [3.8, 4) is 11.1 Å². The number of rotatable bonds is 7. The van der Waals surface area contributed by atoms with E-state index in [0.717, 1.165) is 5.56 Å². The van der Waals surface area contributed by atoms with Crippen molar-refractivity contribution in [3.05, 3.63) is 54.6 Å². The normalized spacial score (nSPS) is 12.8. The van der Waals surface area contributed by atoms with Gasteiger partial charge in [-0.15, -0.1) is 0 Å². The molecule has 0 bridgehead atoms. The van der Waals surface area contributed by atoms with E-state index < -0.39 is 21.9 Å². The minimum atomic E-state index is -3.74. The van der Waals surface area contributed by atoms with E-state index in [0.29, 0.717) is 5.56 Å². The fraction of sp³-hybridized carbons (Fsp3) is 0.316. The summed E-state index contributed by atoms with van der Waals surface area (Å²) in [6, 6.07) is 16.3. The Morgan fingerprint density at radius 1 is 1.08 bits per heavy atom. The summed E-state index contributed by atoms with van der Waals surface area (Å²) in [5.74, 6) is -0.964. The third-order valence-corrected chi connectivity index (χ3v) is 6.02. The third kappa shape index (κ3) is 4.27. The minimum absolute atomic E-state index is 0.0780. The molecule has 0 saturated heterocycles. The fourth-order valence-corrected chi connectivity index (χ4v) is 4.42. The number of ether oxygens (including phenoxy) is 1. The Labute approximate surface area is 149 Å². The number of hydrogen-bond acceptors (Lipinski definition) is 4. The molecule has 134 valence electrons. The van der Waals surface area contributed by atoms with Crippen molar-refractivity contribution in [3.63, 3.8) is 0 Å². The van der Waals surface area contributed by atoms with Gasteiger partial charge < -0.3 is 4.74 Å². The van der Waals surface area contributed by atoms with E-state index in [-0.39, 0.29) is 18.0 Å². The molecule has 25 heavy (non-hydrogen) atoms. The molecule has 0 fully saturated rings. The molecule has 0 aliphatic heterocycles. The second-order valence-corrected chi connectivity index (χ2v) is 7.65. The predicted octanol–water partition coefficient (Wildman–Crippen LogP) is 3.17. The highest BCUT2D eigenvalue weighted by atomic mass is 32.2. The van der Waals surface area contributed by atoms with Crippen LogP contribution in [0.15, 0.2) is 59.5 Å². The van der Waals surface area contributed by atoms with Crippen LogP contribution < -0.4 is 0 Å². The van der Waals surface area contributed by atoms with Gasteiger partial charge in [0.25, 0.3) is 0 Å². The molecule has 0 N–H and O–H groups in total. The van der Waals surface area contributed by atoms with Gasteiger partial charge in [0, 0.05) is 18.7 Å². The van der Waals surface area contributed by atoms with E-state index in [1.807, 2.05) is 36.4 Å². The van der Waals surface area contributed by atoms with Crippen LogP contribution in [0.5, 0.6) is 0 Å². The summed E-state index contributed by atoms with van der Waals surface area (Å²) in [5.41, 5.74) is 1.48. The van der Waals surface area contributed by atoms with E-state index in [4.69, 9.17) is 4.74 Å². The average Bonchev–Trinajstić information content (AvgIpc) is 2.65. The van der Waals surface area contributed by atoms with E-state index in [9.17, 15) is 13.2 Å². The van der Waals surface area contributed by atoms with Gasteiger partial charge in [-0.05, 0) is 11.6 Å². The van der Waals surface area contributed by atoms with Gasteiger partial charge in [0.15, 0.2) is 0 Å². The maximum atomic E-state index is 13.2. The summed E-state index contributed by atoms with van der Waals surface area (Å²) in [4.78, 5) is 11.9. The van der Waals surface area contributed by atoms with Crippen LogP contribution in [-0.4, -0.2) is 38.9 Å². The maximum Gasteiger partial charge on any atom is 0.309 e. The number of carbonyl (C=O) groups excluding carboxylic acids is 1. The van der Waals surface area contributed by atoms with E-state index in [1.54, 1.807) is 32.0 Å². The third-order valence-electron chi connectivity index (χ3n) is 4.02. The number of methoxy groups -OCH3 is 1. The molecule has 0 aromatic heterocycles. The summed E-state index contributed by atoms with van der Waals surface area (Å²) in [6.07, 6.45) is 0. The molecule has 0 saturated carbocycles. The van der Waals surface area contributed by atoms with Crippen LogP contribution in [0.4, 0.5) is 0 Å². The van der Waals surface area contributed by atoms with E-state index >= 15 is 0 Å².